The Hall–Kier alpha value is -2.33. The monoisotopic (exact) mass is 271 g/mol. The van der Waals surface area contributed by atoms with Crippen LogP contribution in [0.25, 0.3) is 11.0 Å². The van der Waals surface area contributed by atoms with Gasteiger partial charge in [0.05, 0.1) is 10.7 Å². The minimum Gasteiger partial charge on any atom is -0.397 e. The van der Waals surface area contributed by atoms with Gasteiger partial charge in [0.2, 0.25) is 0 Å². The highest BCUT2D eigenvalue weighted by molar-refractivity contribution is 6.34. The number of carbonyl (C=O) groups is 1. The number of hydrogen-bond acceptors (Lipinski definition) is 3. The molecule has 0 bridgehead atoms. The van der Waals surface area contributed by atoms with Gasteiger partial charge in [-0.25, -0.2) is 4.98 Å². The van der Waals surface area contributed by atoms with E-state index in [4.69, 9.17) is 17.3 Å². The van der Waals surface area contributed by atoms with Crippen LogP contribution in [-0.4, -0.2) is 15.8 Å². The third-order valence-electron chi connectivity index (χ3n) is 2.99. The Kier molecular flexibility index (Phi) is 2.72. The first kappa shape index (κ1) is 11.7. The van der Waals surface area contributed by atoms with E-state index in [1.54, 1.807) is 36.7 Å². The van der Waals surface area contributed by atoms with Crippen LogP contribution in [0.2, 0.25) is 5.02 Å². The molecule has 1 aromatic carbocycles. The fourth-order valence-corrected chi connectivity index (χ4v) is 2.20. The zero-order valence-corrected chi connectivity index (χ0v) is 10.6. The first-order valence-corrected chi connectivity index (χ1v) is 6.07. The van der Waals surface area contributed by atoms with Gasteiger partial charge < -0.3 is 10.7 Å². The first-order chi connectivity index (χ1) is 9.18. The molecule has 3 rings (SSSR count). The van der Waals surface area contributed by atoms with Crippen LogP contribution >= 0.6 is 11.6 Å². The van der Waals surface area contributed by atoms with Crippen molar-refractivity contribution in [2.75, 3.05) is 5.73 Å². The van der Waals surface area contributed by atoms with Crippen LogP contribution in [0, 0.1) is 0 Å². The molecule has 0 spiro atoms. The topological polar surface area (TPSA) is 71.8 Å². The van der Waals surface area contributed by atoms with Gasteiger partial charge in [0, 0.05) is 28.9 Å². The van der Waals surface area contributed by atoms with E-state index < -0.39 is 0 Å². The highest BCUT2D eigenvalue weighted by Crippen LogP contribution is 2.26. The summed E-state index contributed by atoms with van der Waals surface area (Å²) in [5.74, 6) is -0.167. The van der Waals surface area contributed by atoms with Crippen molar-refractivity contribution < 1.29 is 4.79 Å². The molecule has 0 unspecified atom stereocenters. The molecular formula is C14H10ClN3O. The summed E-state index contributed by atoms with van der Waals surface area (Å²) in [6.45, 7) is 0. The number of aromatic nitrogens is 2. The predicted octanol–water partition coefficient (Wildman–Crippen LogP) is 3.03. The van der Waals surface area contributed by atoms with Crippen molar-refractivity contribution in [2.45, 2.75) is 0 Å². The molecule has 0 saturated carbocycles. The largest absolute Gasteiger partial charge is 0.397 e. The number of benzene rings is 1. The molecule has 0 radical (unpaired) electrons. The Labute approximate surface area is 114 Å². The molecular weight excluding hydrogens is 262 g/mol. The van der Waals surface area contributed by atoms with E-state index in [-0.39, 0.29) is 5.78 Å². The number of carbonyl (C=O) groups excluding carboxylic acids is 1. The number of rotatable bonds is 2. The molecule has 5 heteroatoms. The summed E-state index contributed by atoms with van der Waals surface area (Å²) in [5.41, 5.74) is 7.77. The van der Waals surface area contributed by atoms with Crippen LogP contribution in [-0.2, 0) is 0 Å². The van der Waals surface area contributed by atoms with Gasteiger partial charge in [0.1, 0.15) is 5.65 Å². The average Bonchev–Trinajstić information content (AvgIpc) is 2.85. The fourth-order valence-electron chi connectivity index (χ4n) is 2.02. The van der Waals surface area contributed by atoms with Gasteiger partial charge in [-0.1, -0.05) is 17.7 Å². The molecule has 0 saturated heterocycles. The number of fused-ring (bicyclic) bond motifs is 1. The molecule has 0 aliphatic heterocycles. The van der Waals surface area contributed by atoms with Crippen molar-refractivity contribution in [3.63, 3.8) is 0 Å². The fraction of sp³-hybridized carbons (Fsp3) is 0. The number of nitrogen functional groups attached to an aromatic ring is 1. The highest BCUT2D eigenvalue weighted by Gasteiger charge is 2.17. The highest BCUT2D eigenvalue weighted by atomic mass is 35.5. The van der Waals surface area contributed by atoms with Crippen LogP contribution in [0.15, 0.2) is 42.7 Å². The van der Waals surface area contributed by atoms with Crippen LogP contribution in [0.1, 0.15) is 15.9 Å². The Bertz CT molecular complexity index is 779. The molecule has 2 heterocycles. The second-order valence-electron chi connectivity index (χ2n) is 4.13. The van der Waals surface area contributed by atoms with Gasteiger partial charge >= 0.3 is 0 Å². The van der Waals surface area contributed by atoms with E-state index in [0.717, 1.165) is 5.39 Å². The molecule has 3 N–H and O–H groups in total. The van der Waals surface area contributed by atoms with E-state index in [9.17, 15) is 4.79 Å². The van der Waals surface area contributed by atoms with E-state index in [0.29, 0.717) is 27.5 Å². The number of halogens is 1. The summed E-state index contributed by atoms with van der Waals surface area (Å²) in [5, 5.41) is 1.15. The van der Waals surface area contributed by atoms with E-state index >= 15 is 0 Å². The number of ketones is 1. The van der Waals surface area contributed by atoms with Gasteiger partial charge in [0.15, 0.2) is 5.78 Å². The van der Waals surface area contributed by atoms with Crippen molar-refractivity contribution in [3.8, 4) is 0 Å². The zero-order valence-electron chi connectivity index (χ0n) is 9.85. The maximum Gasteiger partial charge on any atom is 0.197 e. The van der Waals surface area contributed by atoms with Crippen LogP contribution in [0.4, 0.5) is 5.69 Å². The second kappa shape index (κ2) is 4.40. The summed E-state index contributed by atoms with van der Waals surface area (Å²) in [7, 11) is 0. The lowest BCUT2D eigenvalue weighted by molar-refractivity contribution is 0.104. The summed E-state index contributed by atoms with van der Waals surface area (Å²) >= 11 is 5.94. The molecule has 0 amide bonds. The number of nitrogens with zero attached hydrogens (tertiary/aromatic N) is 1. The van der Waals surface area contributed by atoms with E-state index in [2.05, 4.69) is 9.97 Å². The van der Waals surface area contributed by atoms with Gasteiger partial charge in [-0.15, -0.1) is 0 Å². The molecule has 0 aliphatic carbocycles. The molecule has 0 aliphatic rings. The molecule has 3 aromatic rings. The minimum atomic E-state index is -0.167. The quantitative estimate of drug-likeness (QED) is 0.556. The Morgan fingerprint density at radius 3 is 2.89 bits per heavy atom. The number of para-hydroxylation sites is 1. The van der Waals surface area contributed by atoms with Gasteiger partial charge in [0.25, 0.3) is 0 Å². The summed E-state index contributed by atoms with van der Waals surface area (Å²) in [6.07, 6.45) is 3.31. The van der Waals surface area contributed by atoms with Gasteiger partial charge in [-0.2, -0.15) is 0 Å². The lowest BCUT2D eigenvalue weighted by atomic mass is 10.0. The number of H-pyrrole nitrogens is 1. The maximum atomic E-state index is 12.5. The standard InChI is InChI=1S/C14H10ClN3O/c15-11-5-1-3-9(12(11)16)13(19)10-7-18-14-8(10)4-2-6-17-14/h1-7H,16H2,(H,17,18). The lowest BCUT2D eigenvalue weighted by Gasteiger charge is -2.05. The predicted molar refractivity (Wildman–Crippen MR) is 75.4 cm³/mol. The lowest BCUT2D eigenvalue weighted by Crippen LogP contribution is -2.05. The normalized spacial score (nSPS) is 10.8. The number of aromatic amines is 1. The molecule has 4 nitrogen and oxygen atoms in total. The van der Waals surface area contributed by atoms with Crippen molar-refractivity contribution >= 4 is 34.1 Å². The van der Waals surface area contributed by atoms with Crippen LogP contribution in [0.5, 0.6) is 0 Å². The van der Waals surface area contributed by atoms with Crippen LogP contribution in [0.3, 0.4) is 0 Å². The summed E-state index contributed by atoms with van der Waals surface area (Å²) < 4.78 is 0. The maximum absolute atomic E-state index is 12.5. The Morgan fingerprint density at radius 2 is 2.05 bits per heavy atom. The third kappa shape index (κ3) is 1.86. The Morgan fingerprint density at radius 1 is 1.21 bits per heavy atom. The number of nitrogens with two attached hydrogens (primary N) is 1. The van der Waals surface area contributed by atoms with Crippen molar-refractivity contribution in [1.82, 2.24) is 9.97 Å². The SMILES string of the molecule is Nc1c(Cl)cccc1C(=O)c1c[nH]c2ncccc12. The first-order valence-electron chi connectivity index (χ1n) is 5.69. The number of anilines is 1. The molecule has 0 fully saturated rings. The molecule has 94 valence electrons. The van der Waals surface area contributed by atoms with Gasteiger partial charge in [-0.05, 0) is 24.3 Å². The summed E-state index contributed by atoms with van der Waals surface area (Å²) in [4.78, 5) is 19.6. The zero-order chi connectivity index (χ0) is 13.4. The van der Waals surface area contributed by atoms with Crippen molar-refractivity contribution in [1.29, 1.82) is 0 Å². The van der Waals surface area contributed by atoms with Crippen molar-refractivity contribution in [2.24, 2.45) is 0 Å². The molecule has 2 aromatic heterocycles. The van der Waals surface area contributed by atoms with Gasteiger partial charge in [-0.3, -0.25) is 4.79 Å². The molecule has 19 heavy (non-hydrogen) atoms. The van der Waals surface area contributed by atoms with Crippen molar-refractivity contribution in [3.05, 3.63) is 58.9 Å². The Balaban J connectivity index is 2.17. The number of hydrogen-bond donors (Lipinski definition) is 2. The average molecular weight is 272 g/mol. The third-order valence-corrected chi connectivity index (χ3v) is 3.32. The minimum absolute atomic E-state index is 0.167. The second-order valence-corrected chi connectivity index (χ2v) is 4.54. The molecule has 0 atom stereocenters. The number of pyridine rings is 1. The van der Waals surface area contributed by atoms with E-state index in [1.807, 2.05) is 6.07 Å². The van der Waals surface area contributed by atoms with Crippen LogP contribution < -0.4 is 5.73 Å². The number of nitrogens with one attached hydrogen (secondary N) is 1. The summed E-state index contributed by atoms with van der Waals surface area (Å²) in [6, 6.07) is 8.66. The van der Waals surface area contributed by atoms with E-state index in [1.165, 1.54) is 0 Å². The smallest absolute Gasteiger partial charge is 0.197 e.